The van der Waals surface area contributed by atoms with E-state index < -0.39 is 0 Å². The molecule has 0 fully saturated rings. The van der Waals surface area contributed by atoms with Gasteiger partial charge in [0.25, 0.3) is 0 Å². The SMILES string of the molecule is O=Cc1cc2c(cc1OCCCn1ccnc1)OCO2. The third kappa shape index (κ3) is 2.59. The number of hydrogen-bond donors (Lipinski definition) is 0. The first kappa shape index (κ1) is 12.5. The van der Waals surface area contributed by atoms with Crippen molar-refractivity contribution in [3.63, 3.8) is 0 Å². The van der Waals surface area contributed by atoms with Crippen LogP contribution in [-0.2, 0) is 6.54 Å². The Balaban J connectivity index is 1.60. The van der Waals surface area contributed by atoms with Crippen LogP contribution in [0.2, 0.25) is 0 Å². The van der Waals surface area contributed by atoms with Gasteiger partial charge >= 0.3 is 0 Å². The van der Waals surface area contributed by atoms with Crippen molar-refractivity contribution in [3.8, 4) is 17.2 Å². The quantitative estimate of drug-likeness (QED) is 0.594. The molecule has 1 aliphatic heterocycles. The molecule has 0 saturated heterocycles. The number of carbonyl (C=O) groups is 1. The lowest BCUT2D eigenvalue weighted by Crippen LogP contribution is -2.04. The average Bonchev–Trinajstić information content (AvgIpc) is 3.13. The summed E-state index contributed by atoms with van der Waals surface area (Å²) in [6.45, 7) is 1.51. The summed E-state index contributed by atoms with van der Waals surface area (Å²) in [5.74, 6) is 1.72. The number of aryl methyl sites for hydroxylation is 1. The predicted octanol–water partition coefficient (Wildman–Crippen LogP) is 1.89. The molecule has 6 heteroatoms. The molecule has 2 aromatic rings. The summed E-state index contributed by atoms with van der Waals surface area (Å²) in [5, 5.41) is 0. The van der Waals surface area contributed by atoms with E-state index in [0.717, 1.165) is 19.3 Å². The largest absolute Gasteiger partial charge is 0.493 e. The Kier molecular flexibility index (Phi) is 3.54. The number of aldehydes is 1. The highest BCUT2D eigenvalue weighted by molar-refractivity contribution is 5.81. The molecule has 20 heavy (non-hydrogen) atoms. The first-order chi connectivity index (χ1) is 9.86. The van der Waals surface area contributed by atoms with E-state index in [0.29, 0.717) is 29.4 Å². The summed E-state index contributed by atoms with van der Waals surface area (Å²) in [6.07, 6.45) is 6.98. The van der Waals surface area contributed by atoms with Crippen molar-refractivity contribution in [3.05, 3.63) is 36.4 Å². The minimum Gasteiger partial charge on any atom is -0.493 e. The van der Waals surface area contributed by atoms with E-state index in [1.165, 1.54) is 0 Å². The maximum Gasteiger partial charge on any atom is 0.231 e. The Morgan fingerprint density at radius 2 is 2.20 bits per heavy atom. The second kappa shape index (κ2) is 5.64. The Labute approximate surface area is 115 Å². The maximum absolute atomic E-state index is 11.1. The number of imidazole rings is 1. The number of ether oxygens (including phenoxy) is 3. The first-order valence-corrected chi connectivity index (χ1v) is 6.34. The van der Waals surface area contributed by atoms with Crippen LogP contribution in [0.1, 0.15) is 16.8 Å². The molecule has 0 saturated carbocycles. The van der Waals surface area contributed by atoms with Gasteiger partial charge in [0, 0.05) is 25.0 Å². The fourth-order valence-corrected chi connectivity index (χ4v) is 2.00. The van der Waals surface area contributed by atoms with Crippen molar-refractivity contribution in [2.45, 2.75) is 13.0 Å². The van der Waals surface area contributed by atoms with E-state index in [1.807, 2.05) is 10.8 Å². The van der Waals surface area contributed by atoms with Gasteiger partial charge < -0.3 is 18.8 Å². The number of benzene rings is 1. The van der Waals surface area contributed by atoms with Crippen molar-refractivity contribution >= 4 is 6.29 Å². The van der Waals surface area contributed by atoms with Crippen LogP contribution in [0.25, 0.3) is 0 Å². The van der Waals surface area contributed by atoms with E-state index in [9.17, 15) is 4.79 Å². The van der Waals surface area contributed by atoms with Gasteiger partial charge in [-0.1, -0.05) is 0 Å². The van der Waals surface area contributed by atoms with Crippen molar-refractivity contribution in [1.29, 1.82) is 0 Å². The van der Waals surface area contributed by atoms with E-state index in [2.05, 4.69) is 4.98 Å². The molecule has 0 bridgehead atoms. The maximum atomic E-state index is 11.1. The number of carbonyl (C=O) groups excluding carboxylic acids is 1. The zero-order chi connectivity index (χ0) is 13.8. The highest BCUT2D eigenvalue weighted by Crippen LogP contribution is 2.37. The zero-order valence-corrected chi connectivity index (χ0v) is 10.8. The second-order valence-electron chi connectivity index (χ2n) is 4.36. The lowest BCUT2D eigenvalue weighted by Gasteiger charge is -2.09. The van der Waals surface area contributed by atoms with Gasteiger partial charge in [-0.05, 0) is 12.5 Å². The molecule has 0 aliphatic carbocycles. The minimum atomic E-state index is 0.178. The molecule has 104 valence electrons. The Hall–Kier alpha value is -2.50. The number of aromatic nitrogens is 2. The van der Waals surface area contributed by atoms with E-state index in [-0.39, 0.29) is 6.79 Å². The molecule has 1 aromatic heterocycles. The van der Waals surface area contributed by atoms with Gasteiger partial charge in [0.05, 0.1) is 18.5 Å². The van der Waals surface area contributed by atoms with Crippen molar-refractivity contribution in [2.75, 3.05) is 13.4 Å². The fraction of sp³-hybridized carbons (Fsp3) is 0.286. The molecule has 0 atom stereocenters. The van der Waals surface area contributed by atoms with Crippen LogP contribution in [-0.4, -0.2) is 29.2 Å². The van der Waals surface area contributed by atoms with Crippen LogP contribution in [0.5, 0.6) is 17.2 Å². The smallest absolute Gasteiger partial charge is 0.231 e. The number of hydrogen-bond acceptors (Lipinski definition) is 5. The minimum absolute atomic E-state index is 0.178. The average molecular weight is 274 g/mol. The van der Waals surface area contributed by atoms with Crippen LogP contribution in [0.15, 0.2) is 30.9 Å². The van der Waals surface area contributed by atoms with Crippen molar-refractivity contribution in [1.82, 2.24) is 9.55 Å². The Morgan fingerprint density at radius 1 is 1.35 bits per heavy atom. The molecular weight excluding hydrogens is 260 g/mol. The molecule has 1 aliphatic rings. The van der Waals surface area contributed by atoms with Crippen LogP contribution in [0, 0.1) is 0 Å². The molecule has 6 nitrogen and oxygen atoms in total. The van der Waals surface area contributed by atoms with Gasteiger partial charge in [-0.2, -0.15) is 0 Å². The number of nitrogens with zero attached hydrogens (tertiary/aromatic N) is 2. The topological polar surface area (TPSA) is 62.6 Å². The summed E-state index contributed by atoms with van der Waals surface area (Å²) in [7, 11) is 0. The Bertz CT molecular complexity index is 595. The summed E-state index contributed by atoms with van der Waals surface area (Å²) < 4.78 is 18.1. The lowest BCUT2D eigenvalue weighted by atomic mass is 10.2. The monoisotopic (exact) mass is 274 g/mol. The normalized spacial score (nSPS) is 12.4. The standard InChI is InChI=1S/C14H14N2O4/c17-8-11-6-13-14(20-10-19-13)7-12(11)18-5-1-3-16-4-2-15-9-16/h2,4,6-9H,1,3,5,10H2. The van der Waals surface area contributed by atoms with Gasteiger partial charge in [-0.3, -0.25) is 4.79 Å². The molecule has 0 radical (unpaired) electrons. The highest BCUT2D eigenvalue weighted by atomic mass is 16.7. The molecule has 0 amide bonds. The summed E-state index contributed by atoms with van der Waals surface area (Å²) in [4.78, 5) is 15.0. The first-order valence-electron chi connectivity index (χ1n) is 6.34. The van der Waals surface area contributed by atoms with Crippen molar-refractivity contribution < 1.29 is 19.0 Å². The van der Waals surface area contributed by atoms with Gasteiger partial charge in [-0.25, -0.2) is 4.98 Å². The third-order valence-corrected chi connectivity index (χ3v) is 3.01. The van der Waals surface area contributed by atoms with Gasteiger partial charge in [0.1, 0.15) is 5.75 Å². The van der Waals surface area contributed by atoms with E-state index in [4.69, 9.17) is 14.2 Å². The highest BCUT2D eigenvalue weighted by Gasteiger charge is 2.17. The van der Waals surface area contributed by atoms with Crippen LogP contribution in [0.3, 0.4) is 0 Å². The van der Waals surface area contributed by atoms with Gasteiger partial charge in [0.2, 0.25) is 6.79 Å². The molecule has 0 unspecified atom stereocenters. The molecule has 3 rings (SSSR count). The van der Waals surface area contributed by atoms with Crippen LogP contribution >= 0.6 is 0 Å². The van der Waals surface area contributed by atoms with Crippen molar-refractivity contribution in [2.24, 2.45) is 0 Å². The molecule has 0 spiro atoms. The van der Waals surface area contributed by atoms with Crippen LogP contribution in [0.4, 0.5) is 0 Å². The summed E-state index contributed by atoms with van der Waals surface area (Å²) in [6, 6.07) is 3.34. The summed E-state index contributed by atoms with van der Waals surface area (Å²) in [5.41, 5.74) is 0.469. The number of fused-ring (bicyclic) bond motifs is 1. The Morgan fingerprint density at radius 3 is 2.95 bits per heavy atom. The van der Waals surface area contributed by atoms with Gasteiger partial charge in [0.15, 0.2) is 17.8 Å². The van der Waals surface area contributed by atoms with E-state index in [1.54, 1.807) is 24.7 Å². The summed E-state index contributed by atoms with van der Waals surface area (Å²) >= 11 is 0. The van der Waals surface area contributed by atoms with Crippen LogP contribution < -0.4 is 14.2 Å². The number of rotatable bonds is 6. The molecule has 0 N–H and O–H groups in total. The lowest BCUT2D eigenvalue weighted by molar-refractivity contribution is 0.111. The third-order valence-electron chi connectivity index (χ3n) is 3.01. The van der Waals surface area contributed by atoms with E-state index >= 15 is 0 Å². The molecular formula is C14H14N2O4. The second-order valence-corrected chi connectivity index (χ2v) is 4.36. The van der Waals surface area contributed by atoms with Gasteiger partial charge in [-0.15, -0.1) is 0 Å². The predicted molar refractivity (Wildman–Crippen MR) is 70.3 cm³/mol. The molecule has 1 aromatic carbocycles. The zero-order valence-electron chi connectivity index (χ0n) is 10.8. The fourth-order valence-electron chi connectivity index (χ4n) is 2.00. The molecule has 2 heterocycles.